The number of fused-ring (bicyclic) bond motifs is 1. The van der Waals surface area contributed by atoms with Crippen molar-refractivity contribution in [2.45, 2.75) is 64.7 Å². The second-order valence-electron chi connectivity index (χ2n) is 8.30. The number of aryl methyl sites for hydroxylation is 1. The lowest BCUT2D eigenvalue weighted by molar-refractivity contribution is -0.142. The number of aromatic nitrogens is 5. The van der Waals surface area contributed by atoms with Crippen LogP contribution >= 0.6 is 0 Å². The number of piperidine rings is 1. The van der Waals surface area contributed by atoms with Crippen LogP contribution in [0.5, 0.6) is 0 Å². The largest absolute Gasteiger partial charge is 0.433 e. The molecule has 1 aliphatic heterocycles. The van der Waals surface area contributed by atoms with Crippen molar-refractivity contribution in [1.82, 2.24) is 29.0 Å². The normalized spacial score (nSPS) is 18.6. The monoisotopic (exact) mass is 420 g/mol. The molecule has 0 saturated carbocycles. The third-order valence-corrected chi connectivity index (χ3v) is 5.80. The Kier molecular flexibility index (Phi) is 5.57. The Morgan fingerprint density at radius 1 is 1.23 bits per heavy atom. The lowest BCUT2D eigenvalue weighted by Crippen LogP contribution is -2.34. The number of hydrogen-bond acceptors (Lipinski definition) is 4. The number of hydrogen-bond donors (Lipinski definition) is 0. The van der Waals surface area contributed by atoms with Crippen LogP contribution in [-0.4, -0.2) is 42.1 Å². The predicted octanol–water partition coefficient (Wildman–Crippen LogP) is 4.47. The second kappa shape index (κ2) is 8.02. The van der Waals surface area contributed by atoms with Crippen molar-refractivity contribution >= 4 is 5.65 Å². The van der Waals surface area contributed by atoms with Crippen molar-refractivity contribution in [3.05, 3.63) is 47.4 Å². The van der Waals surface area contributed by atoms with Gasteiger partial charge in [-0.1, -0.05) is 13.8 Å². The molecule has 1 saturated heterocycles. The zero-order chi connectivity index (χ0) is 21.5. The summed E-state index contributed by atoms with van der Waals surface area (Å²) in [5, 5.41) is 4.36. The molecule has 6 nitrogen and oxygen atoms in total. The van der Waals surface area contributed by atoms with E-state index in [2.05, 4.69) is 31.5 Å². The van der Waals surface area contributed by atoms with Crippen molar-refractivity contribution in [3.63, 3.8) is 0 Å². The molecule has 4 rings (SSSR count). The lowest BCUT2D eigenvalue weighted by atomic mass is 9.95. The van der Waals surface area contributed by atoms with Crippen LogP contribution in [0.15, 0.2) is 24.7 Å². The van der Waals surface area contributed by atoms with E-state index in [0.29, 0.717) is 11.4 Å². The van der Waals surface area contributed by atoms with E-state index >= 15 is 0 Å². The first-order valence-electron chi connectivity index (χ1n) is 10.5. The third kappa shape index (κ3) is 4.08. The van der Waals surface area contributed by atoms with Gasteiger partial charge in [-0.25, -0.2) is 14.5 Å². The van der Waals surface area contributed by atoms with Gasteiger partial charge in [0, 0.05) is 43.5 Å². The molecule has 1 aliphatic rings. The van der Waals surface area contributed by atoms with E-state index in [-0.39, 0.29) is 17.5 Å². The van der Waals surface area contributed by atoms with E-state index in [1.165, 1.54) is 0 Å². The third-order valence-electron chi connectivity index (χ3n) is 5.80. The summed E-state index contributed by atoms with van der Waals surface area (Å²) in [6.45, 7) is 9.13. The fourth-order valence-electron chi connectivity index (χ4n) is 4.14. The molecule has 1 fully saturated rings. The van der Waals surface area contributed by atoms with Gasteiger partial charge in [-0.15, -0.1) is 0 Å². The van der Waals surface area contributed by atoms with Crippen molar-refractivity contribution in [2.24, 2.45) is 0 Å². The Morgan fingerprint density at radius 3 is 2.73 bits per heavy atom. The Morgan fingerprint density at radius 2 is 2.03 bits per heavy atom. The summed E-state index contributed by atoms with van der Waals surface area (Å²) in [6, 6.07) is 2.85. The molecule has 1 atom stereocenters. The van der Waals surface area contributed by atoms with Gasteiger partial charge in [-0.05, 0) is 38.3 Å². The molecule has 162 valence electrons. The molecule has 0 N–H and O–H groups in total. The van der Waals surface area contributed by atoms with Gasteiger partial charge in [0.05, 0.1) is 17.7 Å². The van der Waals surface area contributed by atoms with Crippen molar-refractivity contribution in [3.8, 4) is 0 Å². The first-order chi connectivity index (χ1) is 14.3. The van der Waals surface area contributed by atoms with Crippen LogP contribution in [0.3, 0.4) is 0 Å². The van der Waals surface area contributed by atoms with Gasteiger partial charge >= 0.3 is 6.18 Å². The fraction of sp³-hybridized carbons (Fsp3) is 0.571. The van der Waals surface area contributed by atoms with E-state index < -0.39 is 11.9 Å². The van der Waals surface area contributed by atoms with E-state index in [0.717, 1.165) is 55.3 Å². The standard InChI is InChI=1S/C21H27F3N6/c1-4-29-13-25-10-16(29)12-28-7-5-6-15(11-28)18-9-20-26-17(14(2)3)8-19(21(22,23)24)30(20)27-18/h8-10,13-15H,4-7,11-12H2,1-3H3. The van der Waals surface area contributed by atoms with Crippen molar-refractivity contribution in [1.29, 1.82) is 0 Å². The van der Waals surface area contributed by atoms with Crippen molar-refractivity contribution < 1.29 is 13.2 Å². The molecule has 1 unspecified atom stereocenters. The van der Waals surface area contributed by atoms with Crippen LogP contribution in [0.1, 0.15) is 68.2 Å². The van der Waals surface area contributed by atoms with Crippen LogP contribution in [0, 0.1) is 0 Å². The Bertz CT molecular complexity index is 1020. The summed E-state index contributed by atoms with van der Waals surface area (Å²) in [7, 11) is 0. The summed E-state index contributed by atoms with van der Waals surface area (Å²) in [5.74, 6) is -0.00919. The van der Waals surface area contributed by atoms with Gasteiger partial charge in [0.25, 0.3) is 0 Å². The molecule has 0 amide bonds. The van der Waals surface area contributed by atoms with E-state index in [1.54, 1.807) is 6.07 Å². The Balaban J connectivity index is 1.62. The number of alkyl halides is 3. The Labute approximate surface area is 173 Å². The molecule has 4 heterocycles. The van der Waals surface area contributed by atoms with Gasteiger partial charge in [0.2, 0.25) is 0 Å². The molecular formula is C21H27F3N6. The van der Waals surface area contributed by atoms with Crippen LogP contribution in [0.4, 0.5) is 13.2 Å². The summed E-state index contributed by atoms with van der Waals surface area (Å²) in [5.41, 5.74) is 1.77. The van der Waals surface area contributed by atoms with Crippen LogP contribution in [0.2, 0.25) is 0 Å². The maximum absolute atomic E-state index is 13.7. The molecule has 0 bridgehead atoms. The maximum Gasteiger partial charge on any atom is 0.433 e. The summed E-state index contributed by atoms with van der Waals surface area (Å²) in [6.07, 6.45) is 1.12. The minimum atomic E-state index is -4.48. The average molecular weight is 420 g/mol. The number of rotatable bonds is 5. The van der Waals surface area contributed by atoms with Gasteiger partial charge in [-0.3, -0.25) is 4.90 Å². The Hall–Kier alpha value is -2.42. The second-order valence-corrected chi connectivity index (χ2v) is 8.30. The molecule has 0 aromatic carbocycles. The zero-order valence-electron chi connectivity index (χ0n) is 17.5. The molecule has 30 heavy (non-hydrogen) atoms. The zero-order valence-corrected chi connectivity index (χ0v) is 17.5. The summed E-state index contributed by atoms with van der Waals surface area (Å²) >= 11 is 0. The van der Waals surface area contributed by atoms with Crippen molar-refractivity contribution in [2.75, 3.05) is 13.1 Å². The SMILES string of the molecule is CCn1cncc1CN1CCCC(c2cc3nc(C(C)C)cc(C(F)(F)F)n3n2)C1. The van der Waals surface area contributed by atoms with Gasteiger partial charge in [0.1, 0.15) is 5.69 Å². The molecule has 3 aromatic heterocycles. The molecule has 9 heteroatoms. The first-order valence-corrected chi connectivity index (χ1v) is 10.5. The fourth-order valence-corrected chi connectivity index (χ4v) is 4.14. The van der Waals surface area contributed by atoms with Gasteiger partial charge < -0.3 is 4.57 Å². The smallest absolute Gasteiger partial charge is 0.334 e. The minimum absolute atomic E-state index is 0.0852. The molecule has 0 aliphatic carbocycles. The minimum Gasteiger partial charge on any atom is -0.334 e. The quantitative estimate of drug-likeness (QED) is 0.611. The van der Waals surface area contributed by atoms with Gasteiger partial charge in [-0.2, -0.15) is 18.3 Å². The number of imidazole rings is 1. The summed E-state index contributed by atoms with van der Waals surface area (Å²) < 4.78 is 44.0. The topological polar surface area (TPSA) is 51.2 Å². The maximum atomic E-state index is 13.7. The van der Waals surface area contributed by atoms with E-state index in [1.807, 2.05) is 26.4 Å². The highest BCUT2D eigenvalue weighted by Crippen LogP contribution is 2.33. The van der Waals surface area contributed by atoms with Crippen LogP contribution in [-0.2, 0) is 19.3 Å². The van der Waals surface area contributed by atoms with E-state index in [4.69, 9.17) is 0 Å². The average Bonchev–Trinajstić information content (AvgIpc) is 3.32. The molecule has 0 radical (unpaired) electrons. The molecule has 3 aromatic rings. The number of halogens is 3. The van der Waals surface area contributed by atoms with Crippen LogP contribution in [0.25, 0.3) is 5.65 Å². The molecular weight excluding hydrogens is 393 g/mol. The number of nitrogens with zero attached hydrogens (tertiary/aromatic N) is 6. The lowest BCUT2D eigenvalue weighted by Gasteiger charge is -2.31. The van der Waals surface area contributed by atoms with Crippen LogP contribution < -0.4 is 0 Å². The first kappa shape index (κ1) is 20.8. The summed E-state index contributed by atoms with van der Waals surface area (Å²) in [4.78, 5) is 11.0. The van der Waals surface area contributed by atoms with Gasteiger partial charge in [0.15, 0.2) is 5.65 Å². The number of likely N-dealkylation sites (tertiary alicyclic amines) is 1. The highest BCUT2D eigenvalue weighted by atomic mass is 19.4. The van der Waals surface area contributed by atoms with E-state index in [9.17, 15) is 13.2 Å². The molecule has 0 spiro atoms. The highest BCUT2D eigenvalue weighted by Gasteiger charge is 2.36. The predicted molar refractivity (Wildman–Crippen MR) is 107 cm³/mol. The highest BCUT2D eigenvalue weighted by molar-refractivity contribution is 5.44.